The third kappa shape index (κ3) is 4.76. The van der Waals surface area contributed by atoms with Crippen LogP contribution in [0.1, 0.15) is 87.5 Å². The SMILES string of the molecule is CC1(C)CCCC(C)(C)N1OC(OC(=O)C1CCC(C)(C)N(O)C1(C)C)C(=O)O. The Morgan fingerprint density at radius 2 is 1.45 bits per heavy atom. The van der Waals surface area contributed by atoms with Gasteiger partial charge in [-0.25, -0.2) is 9.63 Å². The van der Waals surface area contributed by atoms with Crippen LogP contribution < -0.4 is 0 Å². The van der Waals surface area contributed by atoms with Crippen molar-refractivity contribution < 1.29 is 29.5 Å². The largest absolute Gasteiger partial charge is 0.477 e. The van der Waals surface area contributed by atoms with E-state index in [9.17, 15) is 19.9 Å². The molecule has 2 saturated heterocycles. The fourth-order valence-electron chi connectivity index (χ4n) is 4.95. The molecule has 2 atom stereocenters. The number of hydroxylamine groups is 4. The smallest absolute Gasteiger partial charge is 0.375 e. The zero-order valence-corrected chi connectivity index (χ0v) is 19.1. The molecule has 168 valence electrons. The summed E-state index contributed by atoms with van der Waals surface area (Å²) in [4.78, 5) is 30.6. The maximum atomic E-state index is 12.9. The van der Waals surface area contributed by atoms with Crippen LogP contribution in [0.25, 0.3) is 0 Å². The second-order valence-electron chi connectivity index (χ2n) is 10.9. The fourth-order valence-corrected chi connectivity index (χ4v) is 4.95. The molecule has 2 aliphatic heterocycles. The van der Waals surface area contributed by atoms with Crippen LogP contribution in [0.15, 0.2) is 0 Å². The highest BCUT2D eigenvalue weighted by atomic mass is 16.8. The normalized spacial score (nSPS) is 29.8. The molecule has 2 rings (SSSR count). The van der Waals surface area contributed by atoms with Gasteiger partial charge in [0.25, 0.3) is 0 Å². The lowest BCUT2D eigenvalue weighted by molar-refractivity contribution is -0.341. The maximum Gasteiger partial charge on any atom is 0.375 e. The number of carbonyl (C=O) groups is 2. The lowest BCUT2D eigenvalue weighted by Gasteiger charge is -2.52. The third-order valence-corrected chi connectivity index (χ3v) is 6.60. The molecule has 0 spiro atoms. The first kappa shape index (κ1) is 24.1. The Bertz CT molecular complexity index is 627. The number of carboxylic acid groups (broad SMARTS) is 1. The Hall–Kier alpha value is -1.22. The lowest BCUT2D eigenvalue weighted by atomic mass is 9.74. The van der Waals surface area contributed by atoms with Crippen molar-refractivity contribution in [2.24, 2.45) is 5.92 Å². The Morgan fingerprint density at radius 3 is 1.93 bits per heavy atom. The number of piperidine rings is 2. The van der Waals surface area contributed by atoms with Crippen molar-refractivity contribution in [1.29, 1.82) is 0 Å². The van der Waals surface area contributed by atoms with Crippen molar-refractivity contribution >= 4 is 11.9 Å². The van der Waals surface area contributed by atoms with Crippen molar-refractivity contribution in [3.05, 3.63) is 0 Å². The molecule has 2 N–H and O–H groups in total. The molecule has 0 amide bonds. The van der Waals surface area contributed by atoms with Crippen molar-refractivity contribution in [1.82, 2.24) is 10.1 Å². The van der Waals surface area contributed by atoms with Gasteiger partial charge in [-0.15, -0.1) is 0 Å². The van der Waals surface area contributed by atoms with E-state index < -0.39 is 46.3 Å². The van der Waals surface area contributed by atoms with Crippen molar-refractivity contribution in [3.8, 4) is 0 Å². The average molecular weight is 415 g/mol. The van der Waals surface area contributed by atoms with Crippen LogP contribution >= 0.6 is 0 Å². The highest BCUT2D eigenvalue weighted by Crippen LogP contribution is 2.42. The minimum atomic E-state index is -1.74. The van der Waals surface area contributed by atoms with Gasteiger partial charge in [-0.2, -0.15) is 10.1 Å². The number of hydrogen-bond acceptors (Lipinski definition) is 7. The molecule has 0 aromatic carbocycles. The summed E-state index contributed by atoms with van der Waals surface area (Å²) in [5.41, 5.74) is -2.16. The van der Waals surface area contributed by atoms with Gasteiger partial charge in [0, 0.05) is 16.6 Å². The van der Waals surface area contributed by atoms with E-state index in [4.69, 9.17) is 9.57 Å². The van der Waals surface area contributed by atoms with E-state index in [1.807, 2.05) is 41.5 Å². The zero-order chi connectivity index (χ0) is 22.4. The number of esters is 1. The number of ether oxygens (including phenoxy) is 1. The predicted octanol–water partition coefficient (Wildman–Crippen LogP) is 3.57. The van der Waals surface area contributed by atoms with E-state index in [1.165, 1.54) is 5.06 Å². The molecule has 0 saturated carbocycles. The summed E-state index contributed by atoms with van der Waals surface area (Å²) in [6.45, 7) is 15.3. The zero-order valence-electron chi connectivity index (χ0n) is 19.1. The van der Waals surface area contributed by atoms with Gasteiger partial charge >= 0.3 is 18.2 Å². The molecule has 2 aliphatic rings. The molecule has 29 heavy (non-hydrogen) atoms. The Morgan fingerprint density at radius 1 is 0.931 bits per heavy atom. The van der Waals surface area contributed by atoms with Crippen LogP contribution in [-0.2, 0) is 19.2 Å². The van der Waals surface area contributed by atoms with Gasteiger partial charge in [-0.05, 0) is 87.5 Å². The van der Waals surface area contributed by atoms with Gasteiger partial charge in [0.05, 0.1) is 11.5 Å². The van der Waals surface area contributed by atoms with Crippen LogP contribution in [-0.4, -0.2) is 60.8 Å². The first-order valence-electron chi connectivity index (χ1n) is 10.4. The third-order valence-electron chi connectivity index (χ3n) is 6.60. The molecule has 8 heteroatoms. The first-order valence-corrected chi connectivity index (χ1v) is 10.4. The van der Waals surface area contributed by atoms with Gasteiger partial charge in [-0.3, -0.25) is 4.79 Å². The summed E-state index contributed by atoms with van der Waals surface area (Å²) in [5, 5.41) is 23.1. The van der Waals surface area contributed by atoms with E-state index in [0.29, 0.717) is 12.8 Å². The lowest BCUT2D eigenvalue weighted by Crippen LogP contribution is -2.63. The fraction of sp³-hybridized carbons (Fsp3) is 0.905. The van der Waals surface area contributed by atoms with Crippen LogP contribution in [0.3, 0.4) is 0 Å². The summed E-state index contributed by atoms with van der Waals surface area (Å²) >= 11 is 0. The standard InChI is InChI=1S/C21H38N2O6/c1-18(2)13-10-14(21(7,8)22(18)27)16(26)28-17(15(24)25)29-23-19(3,4)11-9-12-20(23,5)6/h14,17,27H,9-13H2,1-8H3,(H,24,25). The van der Waals surface area contributed by atoms with Crippen LogP contribution in [0.4, 0.5) is 0 Å². The van der Waals surface area contributed by atoms with Crippen LogP contribution in [0.2, 0.25) is 0 Å². The Kier molecular flexibility index (Phi) is 6.47. The molecular formula is C21H38N2O6. The summed E-state index contributed by atoms with van der Waals surface area (Å²) in [6, 6.07) is 0. The molecular weight excluding hydrogens is 376 g/mol. The van der Waals surface area contributed by atoms with Gasteiger partial charge in [0.2, 0.25) is 0 Å². The summed E-state index contributed by atoms with van der Waals surface area (Å²) in [6.07, 6.45) is 2.04. The number of hydrogen-bond donors (Lipinski definition) is 2. The molecule has 0 bridgehead atoms. The first-order chi connectivity index (χ1) is 13.0. The molecule has 2 fully saturated rings. The van der Waals surface area contributed by atoms with Crippen LogP contribution in [0.5, 0.6) is 0 Å². The number of aliphatic carboxylic acids is 1. The van der Waals surface area contributed by atoms with E-state index >= 15 is 0 Å². The summed E-state index contributed by atoms with van der Waals surface area (Å²) in [7, 11) is 0. The minimum Gasteiger partial charge on any atom is -0.477 e. The second kappa shape index (κ2) is 7.80. The van der Waals surface area contributed by atoms with E-state index in [2.05, 4.69) is 0 Å². The number of nitrogens with zero attached hydrogens (tertiary/aromatic N) is 2. The highest BCUT2D eigenvalue weighted by Gasteiger charge is 2.52. The molecule has 8 nitrogen and oxygen atoms in total. The van der Waals surface area contributed by atoms with Crippen molar-refractivity contribution in [3.63, 3.8) is 0 Å². The average Bonchev–Trinajstić information content (AvgIpc) is 2.54. The number of carboxylic acids is 1. The van der Waals surface area contributed by atoms with E-state index in [1.54, 1.807) is 18.9 Å². The van der Waals surface area contributed by atoms with Crippen molar-refractivity contribution in [2.45, 2.75) is 116 Å². The molecule has 0 aliphatic carbocycles. The minimum absolute atomic E-state index is 0.391. The maximum absolute atomic E-state index is 12.9. The quantitative estimate of drug-likeness (QED) is 0.520. The molecule has 0 radical (unpaired) electrons. The van der Waals surface area contributed by atoms with Gasteiger partial charge in [-0.1, -0.05) is 0 Å². The van der Waals surface area contributed by atoms with Gasteiger partial charge in [0.15, 0.2) is 0 Å². The van der Waals surface area contributed by atoms with E-state index in [-0.39, 0.29) is 0 Å². The Balaban J connectivity index is 2.18. The van der Waals surface area contributed by atoms with E-state index in [0.717, 1.165) is 19.3 Å². The monoisotopic (exact) mass is 414 g/mol. The second-order valence-corrected chi connectivity index (χ2v) is 10.9. The number of rotatable bonds is 5. The van der Waals surface area contributed by atoms with Gasteiger partial charge < -0.3 is 15.1 Å². The number of carbonyl (C=O) groups excluding carboxylic acids is 1. The predicted molar refractivity (Wildman–Crippen MR) is 107 cm³/mol. The molecule has 0 aromatic rings. The van der Waals surface area contributed by atoms with Gasteiger partial charge in [0.1, 0.15) is 0 Å². The molecule has 0 aromatic heterocycles. The highest BCUT2D eigenvalue weighted by molar-refractivity contribution is 5.79. The van der Waals surface area contributed by atoms with Crippen LogP contribution in [0, 0.1) is 5.92 Å². The Labute approximate surface area is 174 Å². The molecule has 2 unspecified atom stereocenters. The van der Waals surface area contributed by atoms with Crippen molar-refractivity contribution in [2.75, 3.05) is 0 Å². The topological polar surface area (TPSA) is 99.5 Å². The summed E-state index contributed by atoms with van der Waals surface area (Å²) in [5.74, 6) is -2.71. The summed E-state index contributed by atoms with van der Waals surface area (Å²) < 4.78 is 5.35. The molecule has 2 heterocycles.